The van der Waals surface area contributed by atoms with Crippen LogP contribution in [0.25, 0.3) is 0 Å². The van der Waals surface area contributed by atoms with Gasteiger partial charge in [0.1, 0.15) is 5.75 Å². The quantitative estimate of drug-likeness (QED) is 0.888. The van der Waals surface area contributed by atoms with Gasteiger partial charge in [-0.15, -0.1) is 0 Å². The van der Waals surface area contributed by atoms with Crippen LogP contribution in [0.5, 0.6) is 5.75 Å². The molecule has 26 heavy (non-hydrogen) atoms. The largest absolute Gasteiger partial charge is 0.496 e. The van der Waals surface area contributed by atoms with Crippen LogP contribution < -0.4 is 10.1 Å². The van der Waals surface area contributed by atoms with Crippen molar-refractivity contribution < 1.29 is 9.53 Å². The van der Waals surface area contributed by atoms with E-state index in [0.29, 0.717) is 12.1 Å². The first-order valence-electron chi connectivity index (χ1n) is 9.48. The fraction of sp³-hybridized carbons (Fsp3) is 0.500. The van der Waals surface area contributed by atoms with Gasteiger partial charge in [-0.05, 0) is 49.4 Å². The molecule has 1 aromatic heterocycles. The summed E-state index contributed by atoms with van der Waals surface area (Å²) in [6, 6.07) is 6.37. The fourth-order valence-electron chi connectivity index (χ4n) is 4.14. The van der Waals surface area contributed by atoms with E-state index in [9.17, 15) is 4.79 Å². The highest BCUT2D eigenvalue weighted by Crippen LogP contribution is 2.28. The summed E-state index contributed by atoms with van der Waals surface area (Å²) >= 11 is 0. The van der Waals surface area contributed by atoms with Crippen molar-refractivity contribution in [1.29, 1.82) is 0 Å². The SMILES string of the molecule is COc1cccc2c1CCN(C(=O)c1cn[nH]c1C1CCCCN1)CC2. The minimum absolute atomic E-state index is 0.0768. The number of nitrogens with zero attached hydrogens (tertiary/aromatic N) is 2. The van der Waals surface area contributed by atoms with Crippen LogP contribution in [-0.2, 0) is 12.8 Å². The van der Waals surface area contributed by atoms with Crippen LogP contribution in [-0.4, -0.2) is 47.7 Å². The number of fused-ring (bicyclic) bond motifs is 1. The Bertz CT molecular complexity index is 780. The monoisotopic (exact) mass is 354 g/mol. The third-order valence-corrected chi connectivity index (χ3v) is 5.58. The summed E-state index contributed by atoms with van der Waals surface area (Å²) in [7, 11) is 1.71. The Balaban J connectivity index is 1.52. The predicted octanol–water partition coefficient (Wildman–Crippen LogP) is 2.47. The number of hydrogen-bond acceptors (Lipinski definition) is 4. The van der Waals surface area contributed by atoms with E-state index in [1.807, 2.05) is 17.0 Å². The van der Waals surface area contributed by atoms with Crippen LogP contribution in [0.15, 0.2) is 24.4 Å². The molecular weight excluding hydrogens is 328 g/mol. The van der Waals surface area contributed by atoms with Crippen LogP contribution in [0.1, 0.15) is 52.5 Å². The number of amides is 1. The van der Waals surface area contributed by atoms with Gasteiger partial charge in [-0.2, -0.15) is 5.10 Å². The minimum Gasteiger partial charge on any atom is -0.496 e. The molecule has 6 nitrogen and oxygen atoms in total. The van der Waals surface area contributed by atoms with Crippen molar-refractivity contribution in [2.24, 2.45) is 0 Å². The highest BCUT2D eigenvalue weighted by atomic mass is 16.5. The van der Waals surface area contributed by atoms with Crippen LogP contribution in [0, 0.1) is 0 Å². The number of benzene rings is 1. The second-order valence-electron chi connectivity index (χ2n) is 7.09. The molecule has 0 saturated carbocycles. The number of aromatic nitrogens is 2. The molecule has 2 N–H and O–H groups in total. The van der Waals surface area contributed by atoms with E-state index in [1.54, 1.807) is 13.3 Å². The smallest absolute Gasteiger partial charge is 0.257 e. The number of aromatic amines is 1. The van der Waals surface area contributed by atoms with E-state index >= 15 is 0 Å². The molecule has 0 bridgehead atoms. The van der Waals surface area contributed by atoms with Crippen molar-refractivity contribution in [3.05, 3.63) is 46.8 Å². The Morgan fingerprint density at radius 3 is 2.96 bits per heavy atom. The third-order valence-electron chi connectivity index (χ3n) is 5.58. The molecule has 1 aromatic carbocycles. The molecule has 0 radical (unpaired) electrons. The lowest BCUT2D eigenvalue weighted by Gasteiger charge is -2.25. The van der Waals surface area contributed by atoms with Gasteiger partial charge >= 0.3 is 0 Å². The standard InChI is InChI=1S/C20H26N4O2/c1-26-18-7-4-5-14-8-11-24(12-9-15(14)18)20(25)16-13-22-23-19(16)17-6-2-3-10-21-17/h4-5,7,13,17,21H,2-3,6,8-12H2,1H3,(H,22,23). The van der Waals surface area contributed by atoms with Gasteiger partial charge in [0, 0.05) is 19.1 Å². The van der Waals surface area contributed by atoms with Gasteiger partial charge in [-0.3, -0.25) is 9.89 Å². The molecule has 1 saturated heterocycles. The number of carbonyl (C=O) groups excluding carboxylic acids is 1. The molecule has 6 heteroatoms. The number of rotatable bonds is 3. The lowest BCUT2D eigenvalue weighted by molar-refractivity contribution is 0.0760. The lowest BCUT2D eigenvalue weighted by atomic mass is 9.99. The second-order valence-corrected chi connectivity index (χ2v) is 7.09. The Morgan fingerprint density at radius 1 is 1.27 bits per heavy atom. The maximum absolute atomic E-state index is 13.2. The van der Waals surface area contributed by atoms with E-state index in [4.69, 9.17) is 4.74 Å². The van der Waals surface area contributed by atoms with Gasteiger partial charge in [0.05, 0.1) is 24.6 Å². The minimum atomic E-state index is 0.0768. The van der Waals surface area contributed by atoms with E-state index in [0.717, 1.165) is 43.8 Å². The number of H-pyrrole nitrogens is 1. The van der Waals surface area contributed by atoms with Crippen LogP contribution in [0.3, 0.4) is 0 Å². The number of piperidine rings is 1. The first-order valence-corrected chi connectivity index (χ1v) is 9.48. The van der Waals surface area contributed by atoms with Gasteiger partial charge in [-0.1, -0.05) is 18.6 Å². The lowest BCUT2D eigenvalue weighted by Crippen LogP contribution is -2.35. The number of nitrogens with one attached hydrogen (secondary N) is 2. The molecule has 0 aliphatic carbocycles. The molecule has 0 spiro atoms. The molecule has 2 aliphatic heterocycles. The molecule has 4 rings (SSSR count). The highest BCUT2D eigenvalue weighted by Gasteiger charge is 2.27. The summed E-state index contributed by atoms with van der Waals surface area (Å²) in [5.41, 5.74) is 4.16. The molecule has 138 valence electrons. The zero-order valence-electron chi connectivity index (χ0n) is 15.3. The molecule has 3 heterocycles. The third kappa shape index (κ3) is 3.21. The van der Waals surface area contributed by atoms with Crippen molar-refractivity contribution in [3.63, 3.8) is 0 Å². The van der Waals surface area contributed by atoms with Gasteiger partial charge < -0.3 is 15.0 Å². The van der Waals surface area contributed by atoms with Gasteiger partial charge in [0.15, 0.2) is 0 Å². The normalized spacial score (nSPS) is 20.3. The maximum atomic E-state index is 13.2. The summed E-state index contributed by atoms with van der Waals surface area (Å²) in [6.07, 6.45) is 6.79. The molecule has 1 amide bonds. The van der Waals surface area contributed by atoms with Crippen molar-refractivity contribution in [1.82, 2.24) is 20.4 Å². The molecule has 2 aromatic rings. The van der Waals surface area contributed by atoms with Crippen molar-refractivity contribution in [3.8, 4) is 5.75 Å². The van der Waals surface area contributed by atoms with Crippen LogP contribution in [0.4, 0.5) is 0 Å². The van der Waals surface area contributed by atoms with E-state index < -0.39 is 0 Å². The Kier molecular flexibility index (Phi) is 4.93. The molecule has 1 fully saturated rings. The summed E-state index contributed by atoms with van der Waals surface area (Å²) < 4.78 is 5.51. The number of carbonyl (C=O) groups is 1. The second kappa shape index (κ2) is 7.50. The summed E-state index contributed by atoms with van der Waals surface area (Å²) in [4.78, 5) is 15.1. The molecule has 2 aliphatic rings. The van der Waals surface area contributed by atoms with Crippen LogP contribution >= 0.6 is 0 Å². The Morgan fingerprint density at radius 2 is 2.15 bits per heavy atom. The molecule has 1 unspecified atom stereocenters. The van der Waals surface area contributed by atoms with Crippen molar-refractivity contribution in [2.45, 2.75) is 38.1 Å². The van der Waals surface area contributed by atoms with E-state index in [2.05, 4.69) is 21.6 Å². The Labute approximate surface area is 153 Å². The van der Waals surface area contributed by atoms with Crippen molar-refractivity contribution in [2.75, 3.05) is 26.7 Å². The van der Waals surface area contributed by atoms with Gasteiger partial charge in [0.25, 0.3) is 5.91 Å². The van der Waals surface area contributed by atoms with E-state index in [-0.39, 0.29) is 11.9 Å². The van der Waals surface area contributed by atoms with E-state index in [1.165, 1.54) is 24.0 Å². The molecular formula is C20H26N4O2. The topological polar surface area (TPSA) is 70.2 Å². The van der Waals surface area contributed by atoms with Gasteiger partial charge in [-0.25, -0.2) is 0 Å². The zero-order valence-corrected chi connectivity index (χ0v) is 15.3. The average molecular weight is 354 g/mol. The zero-order chi connectivity index (χ0) is 17.9. The fourth-order valence-corrected chi connectivity index (χ4v) is 4.14. The number of methoxy groups -OCH3 is 1. The number of hydrogen-bond donors (Lipinski definition) is 2. The van der Waals surface area contributed by atoms with Crippen molar-refractivity contribution >= 4 is 5.91 Å². The average Bonchev–Trinajstić information content (AvgIpc) is 3.08. The predicted molar refractivity (Wildman–Crippen MR) is 99.5 cm³/mol. The summed E-state index contributed by atoms with van der Waals surface area (Å²) in [5.74, 6) is 1.00. The first kappa shape index (κ1) is 17.1. The summed E-state index contributed by atoms with van der Waals surface area (Å²) in [6.45, 7) is 2.42. The number of ether oxygens (including phenoxy) is 1. The molecule has 1 atom stereocenters. The first-order chi connectivity index (χ1) is 12.8. The highest BCUT2D eigenvalue weighted by molar-refractivity contribution is 5.95. The summed E-state index contributed by atoms with van der Waals surface area (Å²) in [5, 5.41) is 10.7. The Hall–Kier alpha value is -2.34. The maximum Gasteiger partial charge on any atom is 0.257 e. The van der Waals surface area contributed by atoms with Gasteiger partial charge in [0.2, 0.25) is 0 Å². The van der Waals surface area contributed by atoms with Crippen LogP contribution in [0.2, 0.25) is 0 Å².